The molecule has 0 aromatic rings. The van der Waals surface area contributed by atoms with Crippen molar-refractivity contribution in [3.05, 3.63) is 0 Å². The average molecular weight is 198 g/mol. The molecule has 0 heterocycles. The van der Waals surface area contributed by atoms with Crippen LogP contribution >= 0.6 is 0 Å². The Morgan fingerprint density at radius 1 is 1.57 bits per heavy atom. The third kappa shape index (κ3) is 2.71. The molecule has 0 aromatic heterocycles. The summed E-state index contributed by atoms with van der Waals surface area (Å²) in [6.07, 6.45) is 4.29. The van der Waals surface area contributed by atoms with Crippen LogP contribution in [0.5, 0.6) is 0 Å². The zero-order chi connectivity index (χ0) is 10.7. The highest BCUT2D eigenvalue weighted by molar-refractivity contribution is 5.81. The van der Waals surface area contributed by atoms with E-state index in [4.69, 9.17) is 5.73 Å². The van der Waals surface area contributed by atoms with Crippen LogP contribution in [0.1, 0.15) is 39.5 Å². The standard InChI is InChI=1S/C11H22N2O/c1-4-5-10(12)11(14)13(3)8(2)9-6-7-9/h8-10H,4-7,12H2,1-3H3. The number of carbonyl (C=O) groups is 1. The van der Waals surface area contributed by atoms with Crippen molar-refractivity contribution in [2.45, 2.75) is 51.6 Å². The van der Waals surface area contributed by atoms with Crippen LogP contribution in [0.4, 0.5) is 0 Å². The highest BCUT2D eigenvalue weighted by Gasteiger charge is 2.33. The summed E-state index contributed by atoms with van der Waals surface area (Å²) < 4.78 is 0. The molecule has 82 valence electrons. The van der Waals surface area contributed by atoms with E-state index in [0.29, 0.717) is 6.04 Å². The molecule has 1 saturated carbocycles. The van der Waals surface area contributed by atoms with Gasteiger partial charge in [-0.3, -0.25) is 4.79 Å². The molecule has 1 amide bonds. The Morgan fingerprint density at radius 3 is 2.57 bits per heavy atom. The first-order valence-corrected chi connectivity index (χ1v) is 5.60. The van der Waals surface area contributed by atoms with E-state index >= 15 is 0 Å². The van der Waals surface area contributed by atoms with Crippen molar-refractivity contribution in [3.63, 3.8) is 0 Å². The van der Waals surface area contributed by atoms with Crippen LogP contribution < -0.4 is 5.73 Å². The zero-order valence-electron chi connectivity index (χ0n) is 9.49. The third-order valence-electron chi connectivity index (χ3n) is 3.18. The molecule has 1 aliphatic rings. The van der Waals surface area contributed by atoms with Crippen LogP contribution in [-0.2, 0) is 4.79 Å². The minimum Gasteiger partial charge on any atom is -0.341 e. The monoisotopic (exact) mass is 198 g/mol. The van der Waals surface area contributed by atoms with Crippen molar-refractivity contribution in [1.29, 1.82) is 0 Å². The Balaban J connectivity index is 2.41. The molecule has 2 atom stereocenters. The van der Waals surface area contributed by atoms with Crippen molar-refractivity contribution in [2.75, 3.05) is 7.05 Å². The number of rotatable bonds is 5. The van der Waals surface area contributed by atoms with Crippen molar-refractivity contribution < 1.29 is 4.79 Å². The molecular formula is C11H22N2O. The maximum Gasteiger partial charge on any atom is 0.239 e. The van der Waals surface area contributed by atoms with Crippen LogP contribution in [0.2, 0.25) is 0 Å². The predicted molar refractivity (Wildman–Crippen MR) is 57.8 cm³/mol. The maximum absolute atomic E-state index is 11.8. The van der Waals surface area contributed by atoms with Gasteiger partial charge in [0, 0.05) is 13.1 Å². The van der Waals surface area contributed by atoms with E-state index in [9.17, 15) is 4.79 Å². The second kappa shape index (κ2) is 4.78. The molecule has 3 heteroatoms. The fourth-order valence-corrected chi connectivity index (χ4v) is 1.79. The first-order chi connectivity index (χ1) is 6.57. The first-order valence-electron chi connectivity index (χ1n) is 5.60. The second-order valence-electron chi connectivity index (χ2n) is 4.42. The van der Waals surface area contributed by atoms with E-state index in [1.54, 1.807) is 0 Å². The fraction of sp³-hybridized carbons (Fsp3) is 0.909. The summed E-state index contributed by atoms with van der Waals surface area (Å²) in [4.78, 5) is 13.6. The zero-order valence-corrected chi connectivity index (χ0v) is 9.49. The van der Waals surface area contributed by atoms with Gasteiger partial charge in [-0.2, -0.15) is 0 Å². The molecule has 0 aliphatic heterocycles. The number of hydrogen-bond acceptors (Lipinski definition) is 2. The molecule has 0 saturated heterocycles. The van der Waals surface area contributed by atoms with Gasteiger partial charge in [-0.1, -0.05) is 13.3 Å². The fourth-order valence-electron chi connectivity index (χ4n) is 1.79. The van der Waals surface area contributed by atoms with Gasteiger partial charge in [-0.15, -0.1) is 0 Å². The van der Waals surface area contributed by atoms with Crippen molar-refractivity contribution in [3.8, 4) is 0 Å². The molecule has 1 aliphatic carbocycles. The van der Waals surface area contributed by atoms with Crippen LogP contribution in [0, 0.1) is 5.92 Å². The van der Waals surface area contributed by atoms with Crippen LogP contribution in [0.25, 0.3) is 0 Å². The number of likely N-dealkylation sites (N-methyl/N-ethyl adjacent to an activating group) is 1. The van der Waals surface area contributed by atoms with Gasteiger partial charge in [0.05, 0.1) is 6.04 Å². The topological polar surface area (TPSA) is 46.3 Å². The van der Waals surface area contributed by atoms with E-state index in [0.717, 1.165) is 18.8 Å². The summed E-state index contributed by atoms with van der Waals surface area (Å²) in [5, 5.41) is 0. The van der Waals surface area contributed by atoms with E-state index in [-0.39, 0.29) is 11.9 Å². The van der Waals surface area contributed by atoms with Crippen LogP contribution in [0.15, 0.2) is 0 Å². The predicted octanol–water partition coefficient (Wildman–Crippen LogP) is 1.37. The van der Waals surface area contributed by atoms with E-state index in [1.807, 2.05) is 11.9 Å². The highest BCUT2D eigenvalue weighted by Crippen LogP contribution is 2.34. The summed E-state index contributed by atoms with van der Waals surface area (Å²) in [7, 11) is 1.88. The summed E-state index contributed by atoms with van der Waals surface area (Å²) in [6, 6.07) is 0.0663. The Hall–Kier alpha value is -0.570. The Bertz CT molecular complexity index is 201. The lowest BCUT2D eigenvalue weighted by atomic mass is 10.1. The van der Waals surface area contributed by atoms with E-state index in [2.05, 4.69) is 13.8 Å². The van der Waals surface area contributed by atoms with Gasteiger partial charge < -0.3 is 10.6 Å². The Morgan fingerprint density at radius 2 is 2.14 bits per heavy atom. The SMILES string of the molecule is CCCC(N)C(=O)N(C)C(C)C1CC1. The lowest BCUT2D eigenvalue weighted by molar-refractivity contribution is -0.133. The highest BCUT2D eigenvalue weighted by atomic mass is 16.2. The molecule has 14 heavy (non-hydrogen) atoms. The minimum absolute atomic E-state index is 0.103. The van der Waals surface area contributed by atoms with Crippen LogP contribution in [0.3, 0.4) is 0 Å². The summed E-state index contributed by atoms with van der Waals surface area (Å²) >= 11 is 0. The number of amides is 1. The molecule has 0 bridgehead atoms. The van der Waals surface area contributed by atoms with Gasteiger partial charge in [-0.25, -0.2) is 0 Å². The maximum atomic E-state index is 11.8. The number of nitrogens with zero attached hydrogens (tertiary/aromatic N) is 1. The summed E-state index contributed by atoms with van der Waals surface area (Å²) in [6.45, 7) is 4.17. The number of nitrogens with two attached hydrogens (primary N) is 1. The lowest BCUT2D eigenvalue weighted by Crippen LogP contribution is -2.46. The van der Waals surface area contributed by atoms with Gasteiger partial charge >= 0.3 is 0 Å². The van der Waals surface area contributed by atoms with Gasteiger partial charge in [0.1, 0.15) is 0 Å². The first kappa shape index (κ1) is 11.5. The number of hydrogen-bond donors (Lipinski definition) is 1. The van der Waals surface area contributed by atoms with Gasteiger partial charge in [-0.05, 0) is 32.1 Å². The molecule has 2 N–H and O–H groups in total. The molecule has 2 unspecified atom stereocenters. The average Bonchev–Trinajstić information content (AvgIpc) is 2.98. The van der Waals surface area contributed by atoms with Crippen molar-refractivity contribution >= 4 is 5.91 Å². The van der Waals surface area contributed by atoms with Crippen LogP contribution in [-0.4, -0.2) is 29.9 Å². The lowest BCUT2D eigenvalue weighted by Gasteiger charge is -2.27. The molecule has 0 radical (unpaired) electrons. The smallest absolute Gasteiger partial charge is 0.239 e. The second-order valence-corrected chi connectivity index (χ2v) is 4.42. The molecule has 1 fully saturated rings. The molecule has 3 nitrogen and oxygen atoms in total. The normalized spacial score (nSPS) is 20.3. The van der Waals surface area contributed by atoms with E-state index in [1.165, 1.54) is 12.8 Å². The quantitative estimate of drug-likeness (QED) is 0.725. The van der Waals surface area contributed by atoms with Crippen molar-refractivity contribution in [1.82, 2.24) is 4.90 Å². The summed E-state index contributed by atoms with van der Waals surface area (Å²) in [5.41, 5.74) is 5.80. The molecular weight excluding hydrogens is 176 g/mol. The number of carbonyl (C=O) groups excluding carboxylic acids is 1. The largest absolute Gasteiger partial charge is 0.341 e. The van der Waals surface area contributed by atoms with Crippen molar-refractivity contribution in [2.24, 2.45) is 11.7 Å². The Kier molecular flexibility index (Phi) is 3.93. The summed E-state index contributed by atoms with van der Waals surface area (Å²) in [5.74, 6) is 0.823. The van der Waals surface area contributed by atoms with Gasteiger partial charge in [0.25, 0.3) is 0 Å². The molecule has 1 rings (SSSR count). The molecule has 0 aromatic carbocycles. The Labute approximate surface area is 86.6 Å². The molecule has 0 spiro atoms. The third-order valence-corrected chi connectivity index (χ3v) is 3.18. The van der Waals surface area contributed by atoms with Gasteiger partial charge in [0.15, 0.2) is 0 Å². The minimum atomic E-state index is -0.300. The van der Waals surface area contributed by atoms with Gasteiger partial charge in [0.2, 0.25) is 5.91 Å². The van der Waals surface area contributed by atoms with E-state index < -0.39 is 0 Å².